The Morgan fingerprint density at radius 1 is 1.24 bits per heavy atom. The quantitative estimate of drug-likeness (QED) is 0.695. The number of hydrogen-bond donors (Lipinski definition) is 0. The molecule has 0 radical (unpaired) electrons. The SMILES string of the molecule is COCCN(C)c1ccc2nc3ccc(=O)cc-3sc2c1. The first-order valence-electron chi connectivity index (χ1n) is 6.72. The van der Waals surface area contributed by atoms with Crippen LogP contribution < -0.4 is 10.3 Å². The lowest BCUT2D eigenvalue weighted by Crippen LogP contribution is -2.21. The van der Waals surface area contributed by atoms with E-state index in [0.29, 0.717) is 6.61 Å². The molecule has 0 bridgehead atoms. The van der Waals surface area contributed by atoms with E-state index >= 15 is 0 Å². The third-order valence-electron chi connectivity index (χ3n) is 3.41. The first-order valence-corrected chi connectivity index (χ1v) is 7.54. The third kappa shape index (κ3) is 2.89. The highest BCUT2D eigenvalue weighted by Gasteiger charge is 2.09. The lowest BCUT2D eigenvalue weighted by atomic mass is 10.2. The number of nitrogens with zero attached hydrogens (tertiary/aromatic N) is 2. The van der Waals surface area contributed by atoms with Crippen molar-refractivity contribution >= 4 is 27.2 Å². The maximum absolute atomic E-state index is 11.5. The summed E-state index contributed by atoms with van der Waals surface area (Å²) in [6, 6.07) is 11.2. The molecule has 1 aliphatic heterocycles. The topological polar surface area (TPSA) is 42.4 Å². The van der Waals surface area contributed by atoms with Crippen molar-refractivity contribution in [1.82, 2.24) is 4.98 Å². The Bertz CT molecular complexity index is 800. The number of likely N-dealkylation sites (N-methyl/N-ethyl adjacent to an activating group) is 1. The zero-order chi connectivity index (χ0) is 14.8. The van der Waals surface area contributed by atoms with Gasteiger partial charge in [-0.1, -0.05) is 0 Å². The van der Waals surface area contributed by atoms with E-state index in [1.807, 2.05) is 13.1 Å². The summed E-state index contributed by atoms with van der Waals surface area (Å²) < 4.78 is 6.18. The van der Waals surface area contributed by atoms with Gasteiger partial charge in [-0.2, -0.15) is 0 Å². The van der Waals surface area contributed by atoms with Crippen molar-refractivity contribution in [1.29, 1.82) is 0 Å². The molecule has 1 aromatic carbocycles. The van der Waals surface area contributed by atoms with E-state index in [4.69, 9.17) is 4.74 Å². The lowest BCUT2D eigenvalue weighted by molar-refractivity contribution is 0.206. The fraction of sp³-hybridized carbons (Fsp3) is 0.250. The minimum absolute atomic E-state index is 0.0215. The summed E-state index contributed by atoms with van der Waals surface area (Å²) in [5, 5.41) is 0. The van der Waals surface area contributed by atoms with Gasteiger partial charge in [0.1, 0.15) is 0 Å². The fourth-order valence-electron chi connectivity index (χ4n) is 2.19. The molecule has 2 aliphatic rings. The van der Waals surface area contributed by atoms with Crippen molar-refractivity contribution < 1.29 is 4.74 Å². The van der Waals surface area contributed by atoms with Gasteiger partial charge >= 0.3 is 0 Å². The van der Waals surface area contributed by atoms with E-state index in [1.165, 1.54) is 0 Å². The van der Waals surface area contributed by atoms with Crippen LogP contribution in [0.4, 0.5) is 5.69 Å². The summed E-state index contributed by atoms with van der Waals surface area (Å²) in [5.74, 6) is 0. The number of rotatable bonds is 4. The van der Waals surface area contributed by atoms with Crippen LogP contribution in [-0.2, 0) is 4.74 Å². The number of methoxy groups -OCH3 is 1. The standard InChI is InChI=1S/C16H16N2O2S/c1-18(7-8-20-2)11-3-5-13-15(9-11)21-16-10-12(19)4-6-14(16)17-13/h3-6,9-10H,7-8H2,1-2H3. The Kier molecular flexibility index (Phi) is 3.86. The van der Waals surface area contributed by atoms with Crippen LogP contribution in [0.3, 0.4) is 0 Å². The average Bonchev–Trinajstić information content (AvgIpc) is 2.50. The molecule has 0 fully saturated rings. The van der Waals surface area contributed by atoms with E-state index in [9.17, 15) is 4.79 Å². The first kappa shape index (κ1) is 14.0. The van der Waals surface area contributed by atoms with Gasteiger partial charge in [-0.25, -0.2) is 4.98 Å². The predicted molar refractivity (Wildman–Crippen MR) is 87.7 cm³/mol. The van der Waals surface area contributed by atoms with Crippen molar-refractivity contribution in [2.24, 2.45) is 0 Å². The smallest absolute Gasteiger partial charge is 0.180 e. The van der Waals surface area contributed by atoms with Crippen LogP contribution in [0.1, 0.15) is 0 Å². The van der Waals surface area contributed by atoms with Gasteiger partial charge in [0.05, 0.1) is 27.4 Å². The minimum atomic E-state index is 0.0215. The maximum atomic E-state index is 11.5. The van der Waals surface area contributed by atoms with Gasteiger partial charge in [0.25, 0.3) is 0 Å². The van der Waals surface area contributed by atoms with Crippen molar-refractivity contribution in [3.05, 3.63) is 46.6 Å². The molecule has 0 saturated carbocycles. The van der Waals surface area contributed by atoms with Crippen LogP contribution in [0.2, 0.25) is 0 Å². The highest BCUT2D eigenvalue weighted by atomic mass is 32.1. The summed E-state index contributed by atoms with van der Waals surface area (Å²) in [6.45, 7) is 1.52. The van der Waals surface area contributed by atoms with Crippen LogP contribution in [0.5, 0.6) is 0 Å². The zero-order valence-electron chi connectivity index (χ0n) is 12.0. The van der Waals surface area contributed by atoms with Crippen LogP contribution >= 0.6 is 11.3 Å². The zero-order valence-corrected chi connectivity index (χ0v) is 12.8. The monoisotopic (exact) mass is 300 g/mol. The van der Waals surface area contributed by atoms with Gasteiger partial charge in [0.15, 0.2) is 5.43 Å². The van der Waals surface area contributed by atoms with Crippen LogP contribution in [0.25, 0.3) is 20.8 Å². The van der Waals surface area contributed by atoms with Crippen molar-refractivity contribution in [2.75, 3.05) is 32.2 Å². The van der Waals surface area contributed by atoms with Gasteiger partial charge < -0.3 is 9.64 Å². The van der Waals surface area contributed by atoms with Crippen molar-refractivity contribution in [2.45, 2.75) is 0 Å². The molecule has 0 saturated heterocycles. The summed E-state index contributed by atoms with van der Waals surface area (Å²) in [4.78, 5) is 19.1. The predicted octanol–water partition coefficient (Wildman–Crippen LogP) is 2.84. The summed E-state index contributed by atoms with van der Waals surface area (Å²) in [7, 11) is 3.74. The summed E-state index contributed by atoms with van der Waals surface area (Å²) in [6.07, 6.45) is 0. The van der Waals surface area contributed by atoms with Crippen molar-refractivity contribution in [3.8, 4) is 10.6 Å². The minimum Gasteiger partial charge on any atom is -0.383 e. The molecule has 4 nitrogen and oxygen atoms in total. The molecule has 0 atom stereocenters. The second kappa shape index (κ2) is 5.79. The Morgan fingerprint density at radius 2 is 2.10 bits per heavy atom. The molecule has 0 unspecified atom stereocenters. The second-order valence-electron chi connectivity index (χ2n) is 4.91. The van der Waals surface area contributed by atoms with Crippen LogP contribution in [-0.4, -0.2) is 32.3 Å². The van der Waals surface area contributed by atoms with Crippen LogP contribution in [0, 0.1) is 0 Å². The number of aromatic nitrogens is 1. The number of anilines is 1. The summed E-state index contributed by atoms with van der Waals surface area (Å²) in [5.41, 5.74) is 2.96. The molecular formula is C16H16N2O2S. The lowest BCUT2D eigenvalue weighted by Gasteiger charge is -2.19. The maximum Gasteiger partial charge on any atom is 0.180 e. The van der Waals surface area contributed by atoms with E-state index in [2.05, 4.69) is 22.0 Å². The first-order chi connectivity index (χ1) is 10.2. The van der Waals surface area contributed by atoms with Crippen molar-refractivity contribution in [3.63, 3.8) is 0 Å². The molecule has 21 heavy (non-hydrogen) atoms. The normalized spacial score (nSPS) is 11.1. The molecule has 0 amide bonds. The number of benzene rings is 2. The highest BCUT2D eigenvalue weighted by molar-refractivity contribution is 7.21. The fourth-order valence-corrected chi connectivity index (χ4v) is 3.22. The van der Waals surface area contributed by atoms with E-state index < -0.39 is 0 Å². The molecule has 1 aliphatic carbocycles. The number of ether oxygens (including phenoxy) is 1. The molecule has 3 rings (SSSR count). The van der Waals surface area contributed by atoms with Gasteiger partial charge in [-0.15, -0.1) is 11.3 Å². The molecule has 5 heteroatoms. The number of fused-ring (bicyclic) bond motifs is 2. The Balaban J connectivity index is 2.06. The van der Waals surface area contributed by atoms with E-state index in [-0.39, 0.29) is 5.43 Å². The van der Waals surface area contributed by atoms with Gasteiger partial charge in [-0.05, 0) is 30.3 Å². The molecule has 0 spiro atoms. The molecule has 1 heterocycles. The molecule has 1 aromatic rings. The molecular weight excluding hydrogens is 284 g/mol. The Morgan fingerprint density at radius 3 is 2.90 bits per heavy atom. The molecule has 108 valence electrons. The highest BCUT2D eigenvalue weighted by Crippen LogP contribution is 2.31. The number of hydrogen-bond acceptors (Lipinski definition) is 5. The van der Waals surface area contributed by atoms with Crippen LogP contribution in [0.15, 0.2) is 41.2 Å². The van der Waals surface area contributed by atoms with Gasteiger partial charge in [0, 0.05) is 32.5 Å². The van der Waals surface area contributed by atoms with Gasteiger partial charge in [0.2, 0.25) is 0 Å². The molecule has 0 N–H and O–H groups in total. The Hall–Kier alpha value is -1.98. The van der Waals surface area contributed by atoms with E-state index in [0.717, 1.165) is 33.0 Å². The Labute approximate surface area is 127 Å². The molecule has 0 aromatic heterocycles. The van der Waals surface area contributed by atoms with E-state index in [1.54, 1.807) is 36.6 Å². The van der Waals surface area contributed by atoms with Gasteiger partial charge in [-0.3, -0.25) is 4.79 Å². The summed E-state index contributed by atoms with van der Waals surface area (Å²) >= 11 is 1.60. The largest absolute Gasteiger partial charge is 0.383 e. The average molecular weight is 300 g/mol. The second-order valence-corrected chi connectivity index (χ2v) is 5.99. The third-order valence-corrected chi connectivity index (χ3v) is 4.50.